The van der Waals surface area contributed by atoms with Gasteiger partial charge < -0.3 is 23.7 Å². The van der Waals surface area contributed by atoms with Crippen molar-refractivity contribution >= 4 is 17.6 Å². The van der Waals surface area contributed by atoms with Crippen LogP contribution in [0.2, 0.25) is 5.02 Å². The SMILES string of the molecule is O=C(OCc1cc(Cl)c2c(c1)OCCCO2)C1COc2ccccc2O1. The topological polar surface area (TPSA) is 63.2 Å². The number of carbonyl (C=O) groups is 1. The molecule has 0 saturated carbocycles. The van der Waals surface area contributed by atoms with Crippen LogP contribution in [0.25, 0.3) is 0 Å². The Balaban J connectivity index is 1.41. The summed E-state index contributed by atoms with van der Waals surface area (Å²) in [6.45, 7) is 1.27. The number of hydrogen-bond acceptors (Lipinski definition) is 6. The molecule has 0 aliphatic carbocycles. The molecule has 2 heterocycles. The zero-order valence-corrected chi connectivity index (χ0v) is 14.7. The van der Waals surface area contributed by atoms with Crippen molar-refractivity contribution in [2.75, 3.05) is 19.8 Å². The number of benzene rings is 2. The quantitative estimate of drug-likeness (QED) is 0.765. The van der Waals surface area contributed by atoms with Crippen molar-refractivity contribution in [2.45, 2.75) is 19.1 Å². The summed E-state index contributed by atoms with van der Waals surface area (Å²) >= 11 is 6.25. The number of hydrogen-bond donors (Lipinski definition) is 0. The van der Waals surface area contributed by atoms with Crippen molar-refractivity contribution in [3.63, 3.8) is 0 Å². The van der Waals surface area contributed by atoms with Crippen LogP contribution < -0.4 is 18.9 Å². The lowest BCUT2D eigenvalue weighted by Gasteiger charge is -2.25. The zero-order valence-electron chi connectivity index (χ0n) is 13.9. The Kier molecular flexibility index (Phi) is 4.75. The summed E-state index contributed by atoms with van der Waals surface area (Å²) < 4.78 is 27.8. The van der Waals surface area contributed by atoms with E-state index in [9.17, 15) is 4.79 Å². The number of ether oxygens (including phenoxy) is 5. The summed E-state index contributed by atoms with van der Waals surface area (Å²) in [5.74, 6) is 1.74. The molecule has 4 rings (SSSR count). The second-order valence-corrected chi connectivity index (χ2v) is 6.33. The van der Waals surface area contributed by atoms with Crippen molar-refractivity contribution in [3.05, 3.63) is 47.0 Å². The van der Waals surface area contributed by atoms with E-state index in [0.29, 0.717) is 46.8 Å². The molecule has 2 aromatic carbocycles. The first kappa shape index (κ1) is 16.8. The summed E-state index contributed by atoms with van der Waals surface area (Å²) in [5, 5.41) is 0.432. The highest BCUT2D eigenvalue weighted by Crippen LogP contribution is 2.38. The molecule has 2 aromatic rings. The number of esters is 1. The van der Waals surface area contributed by atoms with Crippen LogP contribution >= 0.6 is 11.6 Å². The van der Waals surface area contributed by atoms with Gasteiger partial charge >= 0.3 is 5.97 Å². The molecular formula is C19H17ClO6. The van der Waals surface area contributed by atoms with Gasteiger partial charge in [0, 0.05) is 6.42 Å². The summed E-state index contributed by atoms with van der Waals surface area (Å²) in [6.07, 6.45) is -0.0173. The zero-order chi connectivity index (χ0) is 17.9. The molecule has 6 nitrogen and oxygen atoms in total. The van der Waals surface area contributed by atoms with E-state index < -0.39 is 12.1 Å². The van der Waals surface area contributed by atoms with Gasteiger partial charge in [-0.05, 0) is 29.8 Å². The molecule has 2 aliphatic rings. The molecule has 0 saturated heterocycles. The van der Waals surface area contributed by atoms with Gasteiger partial charge in [-0.2, -0.15) is 0 Å². The maximum atomic E-state index is 12.3. The molecule has 1 unspecified atom stereocenters. The van der Waals surface area contributed by atoms with Gasteiger partial charge in [-0.3, -0.25) is 0 Å². The Hall–Kier alpha value is -2.60. The largest absolute Gasteiger partial charge is 0.489 e. The number of fused-ring (bicyclic) bond motifs is 2. The van der Waals surface area contributed by atoms with Gasteiger partial charge in [0.2, 0.25) is 6.10 Å². The van der Waals surface area contributed by atoms with E-state index in [1.807, 2.05) is 12.1 Å². The number of rotatable bonds is 3. The van der Waals surface area contributed by atoms with Crippen LogP contribution in [-0.4, -0.2) is 31.9 Å². The average molecular weight is 377 g/mol. The first-order valence-corrected chi connectivity index (χ1v) is 8.71. The number of carbonyl (C=O) groups excluding carboxylic acids is 1. The van der Waals surface area contributed by atoms with E-state index in [1.165, 1.54) is 0 Å². The molecule has 26 heavy (non-hydrogen) atoms. The average Bonchev–Trinajstić information content (AvgIpc) is 2.91. The number of halogens is 1. The minimum atomic E-state index is -0.805. The fourth-order valence-corrected chi connectivity index (χ4v) is 3.04. The van der Waals surface area contributed by atoms with Crippen LogP contribution in [-0.2, 0) is 16.1 Å². The maximum Gasteiger partial charge on any atom is 0.351 e. The highest BCUT2D eigenvalue weighted by atomic mass is 35.5. The lowest BCUT2D eigenvalue weighted by molar-refractivity contribution is -0.155. The summed E-state index contributed by atoms with van der Waals surface area (Å²) in [5.41, 5.74) is 0.713. The third-order valence-corrected chi connectivity index (χ3v) is 4.30. The monoisotopic (exact) mass is 376 g/mol. The second-order valence-electron chi connectivity index (χ2n) is 5.93. The fourth-order valence-electron chi connectivity index (χ4n) is 2.75. The van der Waals surface area contributed by atoms with Gasteiger partial charge in [0.25, 0.3) is 0 Å². The summed E-state index contributed by atoms with van der Waals surface area (Å²) in [6, 6.07) is 10.7. The Bertz CT molecular complexity index is 822. The van der Waals surface area contributed by atoms with Crippen LogP contribution in [0, 0.1) is 0 Å². The van der Waals surface area contributed by atoms with E-state index in [2.05, 4.69) is 0 Å². The molecule has 7 heteroatoms. The normalized spacial score (nSPS) is 18.0. The number of para-hydroxylation sites is 2. The van der Waals surface area contributed by atoms with Crippen LogP contribution in [0.15, 0.2) is 36.4 Å². The molecule has 0 N–H and O–H groups in total. The predicted molar refractivity (Wildman–Crippen MR) is 93.2 cm³/mol. The van der Waals surface area contributed by atoms with E-state index in [-0.39, 0.29) is 13.2 Å². The minimum Gasteiger partial charge on any atom is -0.489 e. The van der Waals surface area contributed by atoms with Gasteiger partial charge in [0.15, 0.2) is 23.0 Å². The molecule has 0 fully saturated rings. The van der Waals surface area contributed by atoms with Crippen molar-refractivity contribution in [3.8, 4) is 23.0 Å². The maximum absolute atomic E-state index is 12.3. The van der Waals surface area contributed by atoms with E-state index in [0.717, 1.165) is 6.42 Å². The molecule has 0 spiro atoms. The molecule has 0 bridgehead atoms. The fraction of sp³-hybridized carbons (Fsp3) is 0.316. The minimum absolute atomic E-state index is 0.0523. The molecule has 0 aromatic heterocycles. The highest BCUT2D eigenvalue weighted by Gasteiger charge is 2.28. The third kappa shape index (κ3) is 3.51. The van der Waals surface area contributed by atoms with Gasteiger partial charge in [-0.1, -0.05) is 23.7 Å². The Morgan fingerprint density at radius 2 is 1.88 bits per heavy atom. The van der Waals surface area contributed by atoms with E-state index in [4.69, 9.17) is 35.3 Å². The Morgan fingerprint density at radius 1 is 1.08 bits per heavy atom. The van der Waals surface area contributed by atoms with Crippen LogP contribution in [0.5, 0.6) is 23.0 Å². The first-order valence-electron chi connectivity index (χ1n) is 8.34. The van der Waals surface area contributed by atoms with Gasteiger partial charge in [0.05, 0.1) is 18.2 Å². The predicted octanol–water partition coefficient (Wildman–Crippen LogP) is 3.38. The molecular weight excluding hydrogens is 360 g/mol. The lowest BCUT2D eigenvalue weighted by Crippen LogP contribution is -2.37. The van der Waals surface area contributed by atoms with E-state index in [1.54, 1.807) is 24.3 Å². The standard InChI is InChI=1S/C19H17ClO6/c20-13-8-12(9-16-18(13)23-7-3-6-22-16)10-25-19(21)17-11-24-14-4-1-2-5-15(14)26-17/h1-2,4-5,8-9,17H,3,6-7,10-11H2. The summed E-state index contributed by atoms with van der Waals surface area (Å²) in [7, 11) is 0. The van der Waals surface area contributed by atoms with Crippen molar-refractivity contribution in [1.29, 1.82) is 0 Å². The second kappa shape index (κ2) is 7.33. The lowest BCUT2D eigenvalue weighted by atomic mass is 10.2. The van der Waals surface area contributed by atoms with Crippen molar-refractivity contribution < 1.29 is 28.5 Å². The highest BCUT2D eigenvalue weighted by molar-refractivity contribution is 6.32. The van der Waals surface area contributed by atoms with Crippen molar-refractivity contribution in [1.82, 2.24) is 0 Å². The van der Waals surface area contributed by atoms with Crippen LogP contribution in [0.1, 0.15) is 12.0 Å². The van der Waals surface area contributed by atoms with Gasteiger partial charge in [0.1, 0.15) is 13.2 Å². The summed E-state index contributed by atoms with van der Waals surface area (Å²) in [4.78, 5) is 12.3. The molecule has 0 radical (unpaired) electrons. The van der Waals surface area contributed by atoms with Crippen molar-refractivity contribution in [2.24, 2.45) is 0 Å². The molecule has 136 valence electrons. The van der Waals surface area contributed by atoms with Crippen LogP contribution in [0.4, 0.5) is 0 Å². The molecule has 2 aliphatic heterocycles. The Labute approximate surface area is 155 Å². The first-order chi connectivity index (χ1) is 12.7. The molecule has 0 amide bonds. The Morgan fingerprint density at radius 3 is 2.77 bits per heavy atom. The van der Waals surface area contributed by atoms with E-state index >= 15 is 0 Å². The van der Waals surface area contributed by atoms with Gasteiger partial charge in [-0.25, -0.2) is 4.79 Å². The van der Waals surface area contributed by atoms with Gasteiger partial charge in [-0.15, -0.1) is 0 Å². The third-order valence-electron chi connectivity index (χ3n) is 4.01. The van der Waals surface area contributed by atoms with Crippen LogP contribution in [0.3, 0.4) is 0 Å². The smallest absolute Gasteiger partial charge is 0.351 e. The molecule has 1 atom stereocenters.